The van der Waals surface area contributed by atoms with Crippen LogP contribution in [0.25, 0.3) is 16.9 Å². The van der Waals surface area contributed by atoms with E-state index < -0.39 is 0 Å². The molecule has 138 valence electrons. The summed E-state index contributed by atoms with van der Waals surface area (Å²) in [5.74, 6) is 0.666. The van der Waals surface area contributed by atoms with Gasteiger partial charge < -0.3 is 9.30 Å². The second kappa shape index (κ2) is 6.38. The maximum absolute atomic E-state index is 13.5. The van der Waals surface area contributed by atoms with Gasteiger partial charge in [0.1, 0.15) is 11.6 Å². The lowest BCUT2D eigenvalue weighted by Gasteiger charge is -2.30. The van der Waals surface area contributed by atoms with Crippen molar-refractivity contribution < 1.29 is 13.9 Å². The van der Waals surface area contributed by atoms with Crippen LogP contribution in [0.1, 0.15) is 36.3 Å². The number of aromatic nitrogens is 1. The Bertz CT molecular complexity index is 998. The fraction of sp³-hybridized carbons (Fsp3) is 0.261. The van der Waals surface area contributed by atoms with E-state index in [0.29, 0.717) is 6.42 Å². The van der Waals surface area contributed by atoms with Crippen LogP contribution in [0.15, 0.2) is 54.6 Å². The molecule has 0 amide bonds. The molecule has 1 aliphatic rings. The van der Waals surface area contributed by atoms with Crippen molar-refractivity contribution in [3.05, 3.63) is 71.7 Å². The van der Waals surface area contributed by atoms with E-state index in [1.54, 1.807) is 19.2 Å². The molecule has 0 radical (unpaired) electrons. The highest BCUT2D eigenvalue weighted by Crippen LogP contribution is 2.40. The van der Waals surface area contributed by atoms with Gasteiger partial charge in [0, 0.05) is 23.4 Å². The van der Waals surface area contributed by atoms with Gasteiger partial charge in [-0.1, -0.05) is 13.8 Å². The molecule has 1 aliphatic carbocycles. The molecule has 1 heterocycles. The predicted octanol–water partition coefficient (Wildman–Crippen LogP) is 5.45. The number of carbonyl (C=O) groups excluding carboxylic acids is 1. The largest absolute Gasteiger partial charge is 0.497 e. The topological polar surface area (TPSA) is 31.2 Å². The smallest absolute Gasteiger partial charge is 0.165 e. The Morgan fingerprint density at radius 3 is 2.30 bits per heavy atom. The zero-order chi connectivity index (χ0) is 19.2. The molecule has 0 aliphatic heterocycles. The minimum atomic E-state index is -0.276. The summed E-state index contributed by atoms with van der Waals surface area (Å²) in [6.45, 7) is 4.23. The normalized spacial score (nSPS) is 15.5. The maximum atomic E-state index is 13.5. The summed E-state index contributed by atoms with van der Waals surface area (Å²) in [6, 6.07) is 16.2. The van der Waals surface area contributed by atoms with Gasteiger partial charge in [-0.2, -0.15) is 0 Å². The molecule has 0 fully saturated rings. The molecule has 0 unspecified atom stereocenters. The number of hydrogen-bond acceptors (Lipinski definition) is 2. The Labute approximate surface area is 158 Å². The molecule has 0 saturated carbocycles. The van der Waals surface area contributed by atoms with Gasteiger partial charge in [-0.3, -0.25) is 4.79 Å². The van der Waals surface area contributed by atoms with E-state index >= 15 is 0 Å². The van der Waals surface area contributed by atoms with Gasteiger partial charge in [-0.15, -0.1) is 0 Å². The summed E-state index contributed by atoms with van der Waals surface area (Å²) < 4.78 is 20.8. The molecule has 4 rings (SSSR count). The number of carbonyl (C=O) groups is 1. The van der Waals surface area contributed by atoms with Crippen molar-refractivity contribution >= 4 is 5.78 Å². The summed E-state index contributed by atoms with van der Waals surface area (Å²) in [7, 11) is 1.63. The molecule has 4 heteroatoms. The predicted molar refractivity (Wildman–Crippen MR) is 104 cm³/mol. The minimum Gasteiger partial charge on any atom is -0.497 e. The Morgan fingerprint density at radius 1 is 1.00 bits per heavy atom. The summed E-state index contributed by atoms with van der Waals surface area (Å²) in [5, 5.41) is 0. The quantitative estimate of drug-likeness (QED) is 0.620. The number of hydrogen-bond donors (Lipinski definition) is 0. The first-order chi connectivity index (χ1) is 12.9. The van der Waals surface area contributed by atoms with E-state index in [2.05, 4.69) is 18.4 Å². The number of ether oxygens (including phenoxy) is 1. The Kier molecular flexibility index (Phi) is 4.14. The van der Waals surface area contributed by atoms with E-state index in [1.807, 2.05) is 30.3 Å². The highest BCUT2D eigenvalue weighted by Gasteiger charge is 2.35. The first kappa shape index (κ1) is 17.5. The molecular formula is C23H22FNO2. The second-order valence-electron chi connectivity index (χ2n) is 7.87. The molecule has 27 heavy (non-hydrogen) atoms. The molecule has 1 aromatic heterocycles. The van der Waals surface area contributed by atoms with Crippen molar-refractivity contribution in [3.63, 3.8) is 0 Å². The number of halogens is 1. The van der Waals surface area contributed by atoms with Gasteiger partial charge in [-0.05, 0) is 72.0 Å². The lowest BCUT2D eigenvalue weighted by atomic mass is 9.76. The first-order valence-corrected chi connectivity index (χ1v) is 9.06. The van der Waals surface area contributed by atoms with Crippen molar-refractivity contribution in [1.29, 1.82) is 0 Å². The summed E-state index contributed by atoms with van der Waals surface area (Å²) in [4.78, 5) is 12.8. The van der Waals surface area contributed by atoms with E-state index in [1.165, 1.54) is 12.1 Å². The van der Waals surface area contributed by atoms with Crippen LogP contribution < -0.4 is 4.74 Å². The molecule has 2 aromatic carbocycles. The van der Waals surface area contributed by atoms with E-state index in [-0.39, 0.29) is 17.0 Å². The third kappa shape index (κ3) is 3.16. The zero-order valence-corrected chi connectivity index (χ0v) is 15.8. The number of methoxy groups -OCH3 is 1. The minimum absolute atomic E-state index is 0.0998. The average molecular weight is 363 g/mol. The highest BCUT2D eigenvalue weighted by atomic mass is 19.1. The van der Waals surface area contributed by atoms with Crippen molar-refractivity contribution in [2.24, 2.45) is 5.41 Å². The fourth-order valence-corrected chi connectivity index (χ4v) is 3.87. The number of benzene rings is 2. The van der Waals surface area contributed by atoms with E-state index in [9.17, 15) is 9.18 Å². The zero-order valence-electron chi connectivity index (χ0n) is 15.8. The van der Waals surface area contributed by atoms with Crippen molar-refractivity contribution in [1.82, 2.24) is 4.57 Å². The Hall–Kier alpha value is -2.88. The first-order valence-electron chi connectivity index (χ1n) is 9.06. The van der Waals surface area contributed by atoms with Gasteiger partial charge in [0.25, 0.3) is 0 Å². The summed E-state index contributed by atoms with van der Waals surface area (Å²) >= 11 is 0. The third-order valence-corrected chi connectivity index (χ3v) is 5.16. The molecule has 0 atom stereocenters. The molecule has 0 N–H and O–H groups in total. The number of Topliss-reactive ketones (excluding diaryl/α,β-unsaturated/α-hetero) is 1. The molecule has 0 saturated heterocycles. The second-order valence-corrected chi connectivity index (χ2v) is 7.87. The van der Waals surface area contributed by atoms with Crippen molar-refractivity contribution in [2.75, 3.05) is 7.11 Å². The van der Waals surface area contributed by atoms with Gasteiger partial charge in [0.05, 0.1) is 12.8 Å². The molecule has 3 aromatic rings. The summed E-state index contributed by atoms with van der Waals surface area (Å²) in [6.07, 6.45) is 1.33. The molecule has 3 nitrogen and oxygen atoms in total. The van der Waals surface area contributed by atoms with Crippen LogP contribution in [0.4, 0.5) is 4.39 Å². The standard InChI is InChI=1S/C23H22FNO2/c1-23(2)13-21-19(22(26)14-23)12-20(15-4-10-18(27-3)11-5-15)25(21)17-8-6-16(24)7-9-17/h4-12H,13-14H2,1-3H3. The molecule has 0 bridgehead atoms. The van der Waals surface area contributed by atoms with E-state index in [4.69, 9.17) is 4.74 Å². The van der Waals surface area contributed by atoms with Crippen LogP contribution in [0.3, 0.4) is 0 Å². The van der Waals surface area contributed by atoms with Gasteiger partial charge >= 0.3 is 0 Å². The van der Waals surface area contributed by atoms with Crippen molar-refractivity contribution in [2.45, 2.75) is 26.7 Å². The van der Waals surface area contributed by atoms with Gasteiger partial charge in [0.2, 0.25) is 0 Å². The van der Waals surface area contributed by atoms with Crippen LogP contribution in [0.5, 0.6) is 5.75 Å². The molecular weight excluding hydrogens is 341 g/mol. The van der Waals surface area contributed by atoms with Crippen molar-refractivity contribution in [3.8, 4) is 22.7 Å². The van der Waals surface area contributed by atoms with Crippen LogP contribution in [0.2, 0.25) is 0 Å². The third-order valence-electron chi connectivity index (χ3n) is 5.16. The number of nitrogens with zero attached hydrogens (tertiary/aromatic N) is 1. The lowest BCUT2D eigenvalue weighted by Crippen LogP contribution is -2.27. The number of fused-ring (bicyclic) bond motifs is 1. The SMILES string of the molecule is COc1ccc(-c2cc3c(n2-c2ccc(F)cc2)CC(C)(C)CC3=O)cc1. The van der Waals surface area contributed by atoms with Crippen LogP contribution >= 0.6 is 0 Å². The number of ketones is 1. The van der Waals surface area contributed by atoms with E-state index in [0.717, 1.165) is 40.4 Å². The van der Waals surface area contributed by atoms with Gasteiger partial charge in [0.15, 0.2) is 5.78 Å². The lowest BCUT2D eigenvalue weighted by molar-refractivity contribution is 0.0911. The van der Waals surface area contributed by atoms with Gasteiger partial charge in [-0.25, -0.2) is 4.39 Å². The highest BCUT2D eigenvalue weighted by molar-refractivity contribution is 6.00. The number of rotatable bonds is 3. The monoisotopic (exact) mass is 363 g/mol. The fourth-order valence-electron chi connectivity index (χ4n) is 3.87. The Balaban J connectivity index is 1.95. The maximum Gasteiger partial charge on any atom is 0.165 e. The Morgan fingerprint density at radius 2 is 1.67 bits per heavy atom. The average Bonchev–Trinajstić information content (AvgIpc) is 3.01. The summed E-state index contributed by atoms with van der Waals surface area (Å²) in [5.41, 5.74) is 4.43. The molecule has 0 spiro atoms. The van der Waals surface area contributed by atoms with Crippen LogP contribution in [0, 0.1) is 11.2 Å². The van der Waals surface area contributed by atoms with Crippen LogP contribution in [-0.4, -0.2) is 17.5 Å². The van der Waals surface area contributed by atoms with Crippen LogP contribution in [-0.2, 0) is 6.42 Å².